The number of rotatable bonds is 13. The normalized spacial score (nSPS) is 16.2. The summed E-state index contributed by atoms with van der Waals surface area (Å²) < 4.78 is 46.6. The van der Waals surface area contributed by atoms with E-state index in [-0.39, 0.29) is 23.3 Å². The Morgan fingerprint density at radius 3 is 2.48 bits per heavy atom. The van der Waals surface area contributed by atoms with Gasteiger partial charge in [0.05, 0.1) is 30.9 Å². The first kappa shape index (κ1) is 31.7. The number of unbranched alkanes of at least 4 members (excludes halogenated alkanes) is 1. The molecule has 5 rings (SSSR count). The minimum atomic E-state index is -4.11. The molecular weight excluding hydrogens is 580 g/mol. The predicted molar refractivity (Wildman–Crippen MR) is 169 cm³/mol. The second-order valence-electron chi connectivity index (χ2n) is 11.6. The zero-order chi connectivity index (χ0) is 31.5. The van der Waals surface area contributed by atoms with Crippen molar-refractivity contribution < 1.29 is 27.2 Å². The number of hydrogen-bond donors (Lipinski definition) is 1. The van der Waals surface area contributed by atoms with Crippen molar-refractivity contribution in [2.75, 3.05) is 18.4 Å². The molecule has 236 valence electrons. The largest absolute Gasteiger partial charge is 0.497 e. The predicted octanol–water partition coefficient (Wildman–Crippen LogP) is 6.55. The van der Waals surface area contributed by atoms with Gasteiger partial charge in [0.15, 0.2) is 0 Å². The molecule has 1 aromatic heterocycles. The highest BCUT2D eigenvalue weighted by Crippen LogP contribution is 2.41. The Morgan fingerprint density at radius 2 is 1.82 bits per heavy atom. The van der Waals surface area contributed by atoms with E-state index in [2.05, 4.69) is 16.8 Å². The fourth-order valence-electron chi connectivity index (χ4n) is 5.98. The van der Waals surface area contributed by atoms with E-state index in [0.29, 0.717) is 41.3 Å². The zero-order valence-corrected chi connectivity index (χ0v) is 27.1. The van der Waals surface area contributed by atoms with Crippen LogP contribution in [0.4, 0.5) is 5.88 Å². The first-order valence-electron chi connectivity index (χ1n) is 15.4. The number of amides is 1. The maximum Gasteiger partial charge on any atom is 0.265 e. The van der Waals surface area contributed by atoms with Gasteiger partial charge in [0, 0.05) is 30.2 Å². The molecule has 1 aliphatic carbocycles. The monoisotopic (exact) mass is 622 g/mol. The number of methoxy groups -OCH3 is 1. The minimum absolute atomic E-state index is 0.0303. The highest BCUT2D eigenvalue weighted by Gasteiger charge is 2.49. The Bertz CT molecular complexity index is 1660. The van der Waals surface area contributed by atoms with E-state index in [1.165, 1.54) is 13.2 Å². The Hall–Kier alpha value is -3.70. The van der Waals surface area contributed by atoms with Crippen LogP contribution in [0.25, 0.3) is 11.1 Å². The SMILES string of the molecule is CCCCC1=NC2(CCCC2)C(=O)N1Cc1ccc(-c2ccc(OC)cc2S(=O)(=O)Nc2onc(C)c2C)c(COCC)c1. The van der Waals surface area contributed by atoms with E-state index in [0.717, 1.165) is 61.9 Å². The number of anilines is 1. The van der Waals surface area contributed by atoms with Crippen molar-refractivity contribution in [3.05, 3.63) is 58.8 Å². The Balaban J connectivity index is 1.52. The third-order valence-electron chi connectivity index (χ3n) is 8.61. The van der Waals surface area contributed by atoms with Gasteiger partial charge >= 0.3 is 0 Å². The van der Waals surface area contributed by atoms with Gasteiger partial charge in [0.2, 0.25) is 5.88 Å². The van der Waals surface area contributed by atoms with Crippen molar-refractivity contribution in [3.8, 4) is 16.9 Å². The van der Waals surface area contributed by atoms with E-state index in [9.17, 15) is 13.2 Å². The molecule has 2 aliphatic rings. The molecule has 0 saturated heterocycles. The number of aliphatic imine (C=N–C) groups is 1. The van der Waals surface area contributed by atoms with Crippen LogP contribution in [-0.2, 0) is 32.7 Å². The molecular formula is C33H42N4O6S. The van der Waals surface area contributed by atoms with Gasteiger partial charge < -0.3 is 14.0 Å². The number of benzene rings is 2. The summed E-state index contributed by atoms with van der Waals surface area (Å²) in [7, 11) is -2.62. The fraction of sp³-hybridized carbons (Fsp3) is 0.485. The van der Waals surface area contributed by atoms with E-state index in [1.54, 1.807) is 26.0 Å². The number of nitrogens with one attached hydrogen (secondary N) is 1. The van der Waals surface area contributed by atoms with Gasteiger partial charge in [-0.1, -0.05) is 49.5 Å². The highest BCUT2D eigenvalue weighted by atomic mass is 32.2. The molecule has 44 heavy (non-hydrogen) atoms. The lowest BCUT2D eigenvalue weighted by molar-refractivity contribution is -0.131. The van der Waals surface area contributed by atoms with Crippen molar-refractivity contribution >= 4 is 27.7 Å². The van der Waals surface area contributed by atoms with E-state index < -0.39 is 15.6 Å². The summed E-state index contributed by atoms with van der Waals surface area (Å²) in [6, 6.07) is 10.8. The Labute approximate surface area is 259 Å². The molecule has 1 N–H and O–H groups in total. The molecule has 2 aromatic carbocycles. The second-order valence-corrected chi connectivity index (χ2v) is 13.2. The van der Waals surface area contributed by atoms with Crippen LogP contribution >= 0.6 is 0 Å². The summed E-state index contributed by atoms with van der Waals surface area (Å²) in [5, 5.41) is 3.88. The fourth-order valence-corrected chi connectivity index (χ4v) is 7.27. The van der Waals surface area contributed by atoms with Crippen LogP contribution in [0.5, 0.6) is 5.75 Å². The number of ether oxygens (including phenoxy) is 2. The summed E-state index contributed by atoms with van der Waals surface area (Å²) in [4.78, 5) is 20.7. The Kier molecular flexibility index (Phi) is 9.45. The van der Waals surface area contributed by atoms with Crippen molar-refractivity contribution in [2.24, 2.45) is 4.99 Å². The van der Waals surface area contributed by atoms with Crippen LogP contribution < -0.4 is 9.46 Å². The average Bonchev–Trinajstić information content (AvgIpc) is 3.69. The van der Waals surface area contributed by atoms with Gasteiger partial charge in [0.25, 0.3) is 15.9 Å². The molecule has 11 heteroatoms. The topological polar surface area (TPSA) is 123 Å². The molecule has 1 spiro atoms. The van der Waals surface area contributed by atoms with E-state index in [1.807, 2.05) is 30.0 Å². The average molecular weight is 623 g/mol. The second kappa shape index (κ2) is 13.1. The first-order chi connectivity index (χ1) is 21.1. The Morgan fingerprint density at radius 1 is 1.07 bits per heavy atom. The number of carbonyl (C=O) groups is 1. The molecule has 0 radical (unpaired) electrons. The van der Waals surface area contributed by atoms with Crippen LogP contribution in [0.1, 0.15) is 81.2 Å². The summed E-state index contributed by atoms with van der Waals surface area (Å²) in [5.41, 5.74) is 3.54. The van der Waals surface area contributed by atoms with Gasteiger partial charge in [-0.2, -0.15) is 0 Å². The number of sulfonamides is 1. The van der Waals surface area contributed by atoms with Crippen molar-refractivity contribution in [3.63, 3.8) is 0 Å². The summed E-state index contributed by atoms with van der Waals surface area (Å²) in [6.45, 7) is 8.71. The lowest BCUT2D eigenvalue weighted by Crippen LogP contribution is -2.40. The van der Waals surface area contributed by atoms with Gasteiger partial charge in [0.1, 0.15) is 17.1 Å². The van der Waals surface area contributed by atoms with Crippen molar-refractivity contribution in [1.29, 1.82) is 0 Å². The van der Waals surface area contributed by atoms with Gasteiger partial charge in [-0.15, -0.1) is 0 Å². The molecule has 1 saturated carbocycles. The van der Waals surface area contributed by atoms with Gasteiger partial charge in [-0.05, 0) is 68.9 Å². The van der Waals surface area contributed by atoms with Gasteiger partial charge in [-0.25, -0.2) is 13.1 Å². The number of amidine groups is 1. The number of carbonyl (C=O) groups excluding carboxylic acids is 1. The summed E-state index contributed by atoms with van der Waals surface area (Å²) in [6.07, 6.45) is 6.44. The standard InChI is InChI=1S/C33H42N4O6S/c1-6-8-11-30-34-33(16-9-10-17-33)32(38)37(30)20-24-12-14-27(25(18-24)21-42-7-2)28-15-13-26(41-5)19-29(28)44(39,40)36-31-22(3)23(4)35-43-31/h12-15,18-19,36H,6-11,16-17,20-21H2,1-5H3. The van der Waals surface area contributed by atoms with E-state index >= 15 is 0 Å². The molecule has 10 nitrogen and oxygen atoms in total. The molecule has 1 aliphatic heterocycles. The van der Waals surface area contributed by atoms with Crippen LogP contribution in [-0.4, -0.2) is 49.5 Å². The van der Waals surface area contributed by atoms with Crippen LogP contribution in [0.3, 0.4) is 0 Å². The van der Waals surface area contributed by atoms with Crippen LogP contribution in [0, 0.1) is 13.8 Å². The van der Waals surface area contributed by atoms with Crippen molar-refractivity contribution in [2.45, 2.75) is 96.2 Å². The van der Waals surface area contributed by atoms with Crippen LogP contribution in [0.2, 0.25) is 0 Å². The maximum absolute atomic E-state index is 13.8. The molecule has 0 unspecified atom stereocenters. The van der Waals surface area contributed by atoms with Crippen LogP contribution in [0.15, 0.2) is 50.8 Å². The zero-order valence-electron chi connectivity index (χ0n) is 26.2. The number of nitrogens with zero attached hydrogens (tertiary/aromatic N) is 3. The molecule has 1 amide bonds. The summed E-state index contributed by atoms with van der Waals surface area (Å²) >= 11 is 0. The number of aromatic nitrogens is 1. The van der Waals surface area contributed by atoms with Gasteiger partial charge in [-0.3, -0.25) is 14.7 Å². The number of aryl methyl sites for hydroxylation is 1. The maximum atomic E-state index is 13.8. The smallest absolute Gasteiger partial charge is 0.265 e. The first-order valence-corrected chi connectivity index (χ1v) is 16.8. The third-order valence-corrected chi connectivity index (χ3v) is 9.98. The lowest BCUT2D eigenvalue weighted by atomic mass is 9.96. The molecule has 1 fully saturated rings. The lowest BCUT2D eigenvalue weighted by Gasteiger charge is -2.23. The quantitative estimate of drug-likeness (QED) is 0.229. The molecule has 0 bridgehead atoms. The molecule has 2 heterocycles. The summed E-state index contributed by atoms with van der Waals surface area (Å²) in [5.74, 6) is 1.44. The highest BCUT2D eigenvalue weighted by molar-refractivity contribution is 7.92. The van der Waals surface area contributed by atoms with Crippen molar-refractivity contribution in [1.82, 2.24) is 10.1 Å². The minimum Gasteiger partial charge on any atom is -0.497 e. The van der Waals surface area contributed by atoms with E-state index in [4.69, 9.17) is 19.0 Å². The third kappa shape index (κ3) is 6.25. The number of hydrogen-bond acceptors (Lipinski definition) is 8. The molecule has 3 aromatic rings. The molecule has 0 atom stereocenters.